The summed E-state index contributed by atoms with van der Waals surface area (Å²) < 4.78 is 0. The molecule has 0 unspecified atom stereocenters. The molecule has 4 amide bonds. The molecule has 4 N–H and O–H groups in total. The Morgan fingerprint density at radius 3 is 1.19 bits per heavy atom. The molecule has 3 rings (SSSR count). The van der Waals surface area contributed by atoms with Crippen LogP contribution < -0.4 is 21.3 Å². The zero-order valence-corrected chi connectivity index (χ0v) is 13.9. The summed E-state index contributed by atoms with van der Waals surface area (Å²) in [5.41, 5.74) is 2.34. The average molecular weight is 346 g/mol. The Kier molecular flexibility index (Phi) is 5.47. The zero-order chi connectivity index (χ0) is 18.2. The van der Waals surface area contributed by atoms with E-state index in [1.807, 2.05) is 36.4 Å². The van der Waals surface area contributed by atoms with Gasteiger partial charge in [0.25, 0.3) is 0 Å². The SMILES string of the molecule is O=C(Nc1ccccc1)Nc1ccccc1NC(=O)Nc1ccccc1. The van der Waals surface area contributed by atoms with Crippen LogP contribution in [0, 0.1) is 0 Å². The monoisotopic (exact) mass is 346 g/mol. The molecule has 0 radical (unpaired) electrons. The molecule has 0 atom stereocenters. The number of amides is 4. The Balaban J connectivity index is 1.64. The third-order valence-electron chi connectivity index (χ3n) is 3.49. The van der Waals surface area contributed by atoms with E-state index in [4.69, 9.17) is 0 Å². The smallest absolute Gasteiger partial charge is 0.308 e. The topological polar surface area (TPSA) is 82.3 Å². The van der Waals surface area contributed by atoms with Gasteiger partial charge >= 0.3 is 12.1 Å². The van der Waals surface area contributed by atoms with Crippen LogP contribution >= 0.6 is 0 Å². The molecule has 0 aliphatic heterocycles. The van der Waals surface area contributed by atoms with Gasteiger partial charge in [-0.25, -0.2) is 9.59 Å². The molecule has 6 nitrogen and oxygen atoms in total. The number of para-hydroxylation sites is 4. The first-order valence-electron chi connectivity index (χ1n) is 8.06. The minimum atomic E-state index is -0.395. The first-order chi connectivity index (χ1) is 12.7. The normalized spacial score (nSPS) is 9.85. The molecule has 0 saturated heterocycles. The van der Waals surface area contributed by atoms with Crippen molar-refractivity contribution in [1.82, 2.24) is 0 Å². The van der Waals surface area contributed by atoms with Crippen molar-refractivity contribution in [3.05, 3.63) is 84.9 Å². The number of carbonyl (C=O) groups is 2. The first kappa shape index (κ1) is 17.0. The van der Waals surface area contributed by atoms with Gasteiger partial charge in [0.05, 0.1) is 11.4 Å². The summed E-state index contributed by atoms with van der Waals surface area (Å²) in [4.78, 5) is 24.3. The molecule has 0 aliphatic carbocycles. The van der Waals surface area contributed by atoms with Crippen LogP contribution in [0.2, 0.25) is 0 Å². The predicted octanol–water partition coefficient (Wildman–Crippen LogP) is 4.97. The van der Waals surface area contributed by atoms with Gasteiger partial charge in [-0.15, -0.1) is 0 Å². The lowest BCUT2D eigenvalue weighted by molar-refractivity contribution is 0.261. The van der Waals surface area contributed by atoms with Crippen molar-refractivity contribution >= 4 is 34.8 Å². The Morgan fingerprint density at radius 1 is 0.462 bits per heavy atom. The van der Waals surface area contributed by atoms with Crippen LogP contribution in [0.15, 0.2) is 84.9 Å². The summed E-state index contributed by atoms with van der Waals surface area (Å²) in [6, 6.07) is 24.4. The lowest BCUT2D eigenvalue weighted by Gasteiger charge is -2.13. The van der Waals surface area contributed by atoms with Gasteiger partial charge in [-0.3, -0.25) is 0 Å². The molecule has 130 valence electrons. The number of hydrogen-bond acceptors (Lipinski definition) is 2. The number of hydrogen-bond donors (Lipinski definition) is 4. The van der Waals surface area contributed by atoms with Gasteiger partial charge in [0.15, 0.2) is 0 Å². The van der Waals surface area contributed by atoms with Crippen LogP contribution in [0.3, 0.4) is 0 Å². The van der Waals surface area contributed by atoms with Crippen LogP contribution in [0.1, 0.15) is 0 Å². The third kappa shape index (κ3) is 4.85. The fourth-order valence-electron chi connectivity index (χ4n) is 2.31. The first-order valence-corrected chi connectivity index (χ1v) is 8.06. The van der Waals surface area contributed by atoms with Crippen LogP contribution in [-0.2, 0) is 0 Å². The molecule has 26 heavy (non-hydrogen) atoms. The number of anilines is 4. The molecule has 0 saturated carbocycles. The number of nitrogens with one attached hydrogen (secondary N) is 4. The van der Waals surface area contributed by atoms with Gasteiger partial charge in [-0.2, -0.15) is 0 Å². The second-order valence-electron chi connectivity index (χ2n) is 5.44. The zero-order valence-electron chi connectivity index (χ0n) is 13.9. The number of benzene rings is 3. The van der Waals surface area contributed by atoms with Crippen LogP contribution in [0.5, 0.6) is 0 Å². The largest absolute Gasteiger partial charge is 0.323 e. The highest BCUT2D eigenvalue weighted by Gasteiger charge is 2.09. The summed E-state index contributed by atoms with van der Waals surface area (Å²) in [6.07, 6.45) is 0. The predicted molar refractivity (Wildman–Crippen MR) is 105 cm³/mol. The molecule has 0 fully saturated rings. The summed E-state index contributed by atoms with van der Waals surface area (Å²) in [7, 11) is 0. The van der Waals surface area contributed by atoms with Crippen LogP contribution in [-0.4, -0.2) is 12.1 Å². The van der Waals surface area contributed by atoms with Crippen LogP contribution in [0.25, 0.3) is 0 Å². The molecule has 0 aliphatic rings. The van der Waals surface area contributed by atoms with E-state index in [-0.39, 0.29) is 0 Å². The Bertz CT molecular complexity index is 808. The highest BCUT2D eigenvalue weighted by atomic mass is 16.2. The van der Waals surface area contributed by atoms with Crippen LogP contribution in [0.4, 0.5) is 32.3 Å². The quantitative estimate of drug-likeness (QED) is 0.537. The Morgan fingerprint density at radius 2 is 0.808 bits per heavy atom. The van der Waals surface area contributed by atoms with Crippen molar-refractivity contribution < 1.29 is 9.59 Å². The minimum absolute atomic E-state index is 0.395. The van der Waals surface area contributed by atoms with Crippen molar-refractivity contribution in [2.24, 2.45) is 0 Å². The molecule has 0 bridgehead atoms. The van der Waals surface area contributed by atoms with Crippen molar-refractivity contribution in [1.29, 1.82) is 0 Å². The second-order valence-corrected chi connectivity index (χ2v) is 5.44. The maximum absolute atomic E-state index is 12.2. The summed E-state index contributed by atoms with van der Waals surface area (Å²) in [5.74, 6) is 0. The van der Waals surface area contributed by atoms with Crippen molar-refractivity contribution in [2.45, 2.75) is 0 Å². The maximum atomic E-state index is 12.2. The van der Waals surface area contributed by atoms with Gasteiger partial charge in [-0.1, -0.05) is 48.5 Å². The molecule has 0 heterocycles. The van der Waals surface area contributed by atoms with Crippen molar-refractivity contribution in [3.8, 4) is 0 Å². The fourth-order valence-corrected chi connectivity index (χ4v) is 2.31. The van der Waals surface area contributed by atoms with Gasteiger partial charge in [-0.05, 0) is 36.4 Å². The van der Waals surface area contributed by atoms with Gasteiger partial charge in [0, 0.05) is 11.4 Å². The molecular weight excluding hydrogens is 328 g/mol. The summed E-state index contributed by atoms with van der Waals surface area (Å²) >= 11 is 0. The molecule has 0 spiro atoms. The van der Waals surface area contributed by atoms with E-state index in [2.05, 4.69) is 21.3 Å². The number of rotatable bonds is 4. The highest BCUT2D eigenvalue weighted by molar-refractivity contribution is 6.06. The van der Waals surface area contributed by atoms with E-state index < -0.39 is 12.1 Å². The van der Waals surface area contributed by atoms with Gasteiger partial charge in [0.2, 0.25) is 0 Å². The Hall–Kier alpha value is -3.80. The van der Waals surface area contributed by atoms with E-state index in [0.717, 1.165) is 0 Å². The second kappa shape index (κ2) is 8.34. The average Bonchev–Trinajstić information content (AvgIpc) is 2.65. The molecule has 0 aromatic heterocycles. The summed E-state index contributed by atoms with van der Waals surface area (Å²) in [6.45, 7) is 0. The van der Waals surface area contributed by atoms with Gasteiger partial charge < -0.3 is 21.3 Å². The van der Waals surface area contributed by atoms with Crippen molar-refractivity contribution in [2.75, 3.05) is 21.3 Å². The standard InChI is InChI=1S/C20H18N4O2/c25-19(21-15-9-3-1-4-10-15)23-17-13-7-8-14-18(17)24-20(26)22-16-11-5-2-6-12-16/h1-14H,(H2,21,23,25)(H2,22,24,26). The Labute approximate surface area is 151 Å². The van der Waals surface area contributed by atoms with Gasteiger partial charge in [0.1, 0.15) is 0 Å². The lowest BCUT2D eigenvalue weighted by atomic mass is 10.2. The number of urea groups is 2. The highest BCUT2D eigenvalue weighted by Crippen LogP contribution is 2.21. The van der Waals surface area contributed by atoms with E-state index >= 15 is 0 Å². The summed E-state index contributed by atoms with van der Waals surface area (Å²) in [5, 5.41) is 10.9. The molecule has 6 heteroatoms. The minimum Gasteiger partial charge on any atom is -0.308 e. The number of carbonyl (C=O) groups excluding carboxylic acids is 2. The third-order valence-corrected chi connectivity index (χ3v) is 3.49. The molecule has 3 aromatic rings. The van der Waals surface area contributed by atoms with E-state index in [1.54, 1.807) is 48.5 Å². The van der Waals surface area contributed by atoms with E-state index in [9.17, 15) is 9.59 Å². The van der Waals surface area contributed by atoms with E-state index in [0.29, 0.717) is 22.7 Å². The fraction of sp³-hybridized carbons (Fsp3) is 0. The lowest BCUT2D eigenvalue weighted by Crippen LogP contribution is -2.23. The molecule has 3 aromatic carbocycles. The maximum Gasteiger partial charge on any atom is 0.323 e. The van der Waals surface area contributed by atoms with E-state index in [1.165, 1.54) is 0 Å². The molecular formula is C20H18N4O2. The van der Waals surface area contributed by atoms with Crippen molar-refractivity contribution in [3.63, 3.8) is 0 Å².